The van der Waals surface area contributed by atoms with E-state index in [4.69, 9.17) is 4.74 Å². The fraction of sp³-hybridized carbons (Fsp3) is 0.158. The summed E-state index contributed by atoms with van der Waals surface area (Å²) in [7, 11) is 1.26. The molecular weight excluding hydrogens is 350 g/mol. The summed E-state index contributed by atoms with van der Waals surface area (Å²) in [5.41, 5.74) is 1.76. The first-order valence-corrected chi connectivity index (χ1v) is 8.13. The smallest absolute Gasteiger partial charge is 0.337 e. The third kappa shape index (κ3) is 3.37. The van der Waals surface area contributed by atoms with Gasteiger partial charge in [0.25, 0.3) is 5.69 Å². The molecule has 2 aromatic carbocycles. The van der Waals surface area contributed by atoms with E-state index in [1.54, 1.807) is 31.2 Å². The number of methoxy groups -OCH3 is 1. The number of allylic oxidation sites excluding steroid dienone is 1. The Morgan fingerprint density at radius 3 is 2.33 bits per heavy atom. The first kappa shape index (κ1) is 18.1. The van der Waals surface area contributed by atoms with Gasteiger partial charge in [0.15, 0.2) is 0 Å². The van der Waals surface area contributed by atoms with Crippen molar-refractivity contribution in [2.45, 2.75) is 13.0 Å². The van der Waals surface area contributed by atoms with Gasteiger partial charge in [-0.2, -0.15) is 0 Å². The summed E-state index contributed by atoms with van der Waals surface area (Å²) < 4.78 is 4.91. The fourth-order valence-electron chi connectivity index (χ4n) is 3.04. The predicted octanol–water partition coefficient (Wildman–Crippen LogP) is 3.31. The molecule has 0 aromatic heterocycles. The largest absolute Gasteiger partial charge is 0.466 e. The number of benzene rings is 2. The Kier molecular flexibility index (Phi) is 4.89. The van der Waals surface area contributed by atoms with Crippen LogP contribution in [0.1, 0.15) is 18.5 Å². The molecule has 138 valence electrons. The average molecular weight is 367 g/mol. The highest BCUT2D eigenvalue weighted by Crippen LogP contribution is 2.34. The molecule has 0 aliphatic carbocycles. The maximum atomic E-state index is 12.7. The molecule has 0 saturated heterocycles. The van der Waals surface area contributed by atoms with E-state index >= 15 is 0 Å². The summed E-state index contributed by atoms with van der Waals surface area (Å²) in [4.78, 5) is 36.9. The quantitative estimate of drug-likeness (QED) is 0.507. The number of hydrogen-bond donors (Lipinski definition) is 1. The van der Waals surface area contributed by atoms with Crippen molar-refractivity contribution < 1.29 is 19.2 Å². The van der Waals surface area contributed by atoms with Crippen LogP contribution in [0.5, 0.6) is 0 Å². The van der Waals surface area contributed by atoms with Gasteiger partial charge >= 0.3 is 12.0 Å². The number of nitrogens with zero attached hydrogens (tertiary/aromatic N) is 2. The molecule has 1 atom stereocenters. The van der Waals surface area contributed by atoms with Crippen LogP contribution < -0.4 is 10.2 Å². The molecule has 27 heavy (non-hydrogen) atoms. The second-order valence-corrected chi connectivity index (χ2v) is 5.89. The minimum Gasteiger partial charge on any atom is -0.466 e. The van der Waals surface area contributed by atoms with Crippen molar-refractivity contribution in [3.8, 4) is 0 Å². The standard InChI is InChI=1S/C19H17N3O5/c1-12-16(18(23)27-2)17(13-8-10-15(11-9-13)22(25)26)20-19(24)21(12)14-6-4-3-5-7-14/h3-11,17H,1-2H3,(H,20,24)/t17-/m1/s1. The molecule has 0 fully saturated rings. The van der Waals surface area contributed by atoms with Gasteiger partial charge in [0, 0.05) is 17.8 Å². The van der Waals surface area contributed by atoms with Gasteiger partial charge in [0.1, 0.15) is 0 Å². The van der Waals surface area contributed by atoms with E-state index < -0.39 is 23.0 Å². The van der Waals surface area contributed by atoms with Gasteiger partial charge in [0.05, 0.1) is 29.3 Å². The highest BCUT2D eigenvalue weighted by atomic mass is 16.6. The number of nitro groups is 1. The van der Waals surface area contributed by atoms with Crippen molar-refractivity contribution in [1.82, 2.24) is 5.32 Å². The van der Waals surface area contributed by atoms with Gasteiger partial charge in [-0.15, -0.1) is 0 Å². The van der Waals surface area contributed by atoms with Crippen LogP contribution in [0.4, 0.5) is 16.2 Å². The van der Waals surface area contributed by atoms with E-state index in [-0.39, 0.29) is 11.3 Å². The topological polar surface area (TPSA) is 102 Å². The number of carbonyl (C=O) groups is 2. The lowest BCUT2D eigenvalue weighted by molar-refractivity contribution is -0.384. The second kappa shape index (κ2) is 7.28. The Morgan fingerprint density at radius 2 is 1.78 bits per heavy atom. The third-order valence-electron chi connectivity index (χ3n) is 4.34. The molecule has 2 aromatic rings. The zero-order valence-corrected chi connectivity index (χ0v) is 14.7. The van der Waals surface area contributed by atoms with Crippen LogP contribution in [0.25, 0.3) is 0 Å². The van der Waals surface area contributed by atoms with Crippen molar-refractivity contribution in [2.75, 3.05) is 12.0 Å². The fourth-order valence-corrected chi connectivity index (χ4v) is 3.04. The van der Waals surface area contributed by atoms with E-state index in [1.165, 1.54) is 36.3 Å². The van der Waals surface area contributed by atoms with Crippen LogP contribution in [0, 0.1) is 10.1 Å². The van der Waals surface area contributed by atoms with Crippen molar-refractivity contribution >= 4 is 23.4 Å². The van der Waals surface area contributed by atoms with Crippen molar-refractivity contribution in [1.29, 1.82) is 0 Å². The monoisotopic (exact) mass is 367 g/mol. The Labute approximate surface area is 155 Å². The molecule has 1 N–H and O–H groups in total. The molecule has 1 aliphatic rings. The highest BCUT2D eigenvalue weighted by molar-refractivity contribution is 6.03. The van der Waals surface area contributed by atoms with E-state index in [9.17, 15) is 19.7 Å². The third-order valence-corrected chi connectivity index (χ3v) is 4.34. The normalized spacial score (nSPS) is 16.7. The summed E-state index contributed by atoms with van der Waals surface area (Å²) in [6, 6.07) is 13.4. The van der Waals surface area contributed by atoms with E-state index in [0.29, 0.717) is 16.9 Å². The number of anilines is 1. The van der Waals surface area contributed by atoms with Crippen LogP contribution in [0.15, 0.2) is 65.9 Å². The predicted molar refractivity (Wildman–Crippen MR) is 98.0 cm³/mol. The van der Waals surface area contributed by atoms with Crippen molar-refractivity contribution in [2.24, 2.45) is 0 Å². The Hall–Kier alpha value is -3.68. The number of ether oxygens (including phenoxy) is 1. The van der Waals surface area contributed by atoms with Crippen LogP contribution >= 0.6 is 0 Å². The van der Waals surface area contributed by atoms with Gasteiger partial charge in [-0.3, -0.25) is 15.0 Å². The maximum Gasteiger partial charge on any atom is 0.337 e. The number of nitro benzene ring substituents is 1. The van der Waals surface area contributed by atoms with Gasteiger partial charge in [-0.05, 0) is 36.8 Å². The summed E-state index contributed by atoms with van der Waals surface area (Å²) in [5.74, 6) is -0.586. The van der Waals surface area contributed by atoms with E-state index in [0.717, 1.165) is 0 Å². The molecule has 0 spiro atoms. The Bertz CT molecular complexity index is 922. The first-order chi connectivity index (χ1) is 12.9. The number of carbonyl (C=O) groups excluding carboxylic acids is 2. The lowest BCUT2D eigenvalue weighted by atomic mass is 9.94. The second-order valence-electron chi connectivity index (χ2n) is 5.89. The number of urea groups is 1. The molecule has 0 saturated carbocycles. The number of rotatable bonds is 4. The lowest BCUT2D eigenvalue weighted by Gasteiger charge is -2.35. The number of esters is 1. The van der Waals surface area contributed by atoms with E-state index in [1.807, 2.05) is 6.07 Å². The zero-order chi connectivity index (χ0) is 19.6. The molecule has 0 bridgehead atoms. The van der Waals surface area contributed by atoms with Crippen molar-refractivity contribution in [3.63, 3.8) is 0 Å². The summed E-state index contributed by atoms with van der Waals surface area (Å²) in [5, 5.41) is 13.6. The number of nitrogens with one attached hydrogen (secondary N) is 1. The molecule has 3 rings (SSSR count). The summed E-state index contributed by atoms with van der Waals surface area (Å²) in [6.07, 6.45) is 0. The molecular formula is C19H17N3O5. The summed E-state index contributed by atoms with van der Waals surface area (Å²) in [6.45, 7) is 1.66. The van der Waals surface area contributed by atoms with Gasteiger partial charge in [0.2, 0.25) is 0 Å². The van der Waals surface area contributed by atoms with Crippen LogP contribution in [0.2, 0.25) is 0 Å². The molecule has 1 aliphatic heterocycles. The van der Waals surface area contributed by atoms with Gasteiger partial charge in [-0.25, -0.2) is 9.59 Å². The molecule has 0 radical (unpaired) electrons. The molecule has 8 nitrogen and oxygen atoms in total. The molecule has 0 unspecified atom stereocenters. The Balaban J connectivity index is 2.09. The SMILES string of the molecule is COC(=O)C1=C(C)N(c2ccccc2)C(=O)N[C@@H]1c1ccc([N+](=O)[O-])cc1. The van der Waals surface area contributed by atoms with Gasteiger partial charge in [-0.1, -0.05) is 18.2 Å². The highest BCUT2D eigenvalue weighted by Gasteiger charge is 2.37. The summed E-state index contributed by atoms with van der Waals surface area (Å²) >= 11 is 0. The minimum atomic E-state index is -0.772. The molecule has 2 amide bonds. The number of para-hydroxylation sites is 1. The van der Waals surface area contributed by atoms with Crippen LogP contribution in [-0.4, -0.2) is 24.0 Å². The molecule has 8 heteroatoms. The van der Waals surface area contributed by atoms with Crippen LogP contribution in [0.3, 0.4) is 0 Å². The number of hydrogen-bond acceptors (Lipinski definition) is 5. The minimum absolute atomic E-state index is 0.0767. The average Bonchev–Trinajstić information content (AvgIpc) is 2.68. The Morgan fingerprint density at radius 1 is 1.15 bits per heavy atom. The van der Waals surface area contributed by atoms with Crippen molar-refractivity contribution in [3.05, 3.63) is 81.5 Å². The van der Waals surface area contributed by atoms with Gasteiger partial charge < -0.3 is 10.1 Å². The zero-order valence-electron chi connectivity index (χ0n) is 14.7. The maximum absolute atomic E-state index is 12.7. The van der Waals surface area contributed by atoms with E-state index in [2.05, 4.69) is 5.32 Å². The number of non-ortho nitro benzene ring substituents is 1. The number of amides is 2. The lowest BCUT2D eigenvalue weighted by Crippen LogP contribution is -2.48. The molecule has 1 heterocycles. The van der Waals surface area contributed by atoms with Crippen LogP contribution in [-0.2, 0) is 9.53 Å². The first-order valence-electron chi connectivity index (χ1n) is 8.13.